The fourth-order valence-corrected chi connectivity index (χ4v) is 2.32. The molecule has 7 nitrogen and oxygen atoms in total. The van der Waals surface area contributed by atoms with Gasteiger partial charge in [0.05, 0.1) is 11.5 Å². The molecule has 0 aliphatic rings. The van der Waals surface area contributed by atoms with Gasteiger partial charge in [-0.3, -0.25) is 4.79 Å². The Morgan fingerprint density at radius 2 is 1.81 bits per heavy atom. The van der Waals surface area contributed by atoms with E-state index in [-0.39, 0.29) is 17.0 Å². The Morgan fingerprint density at radius 3 is 2.24 bits per heavy atom. The second kappa shape index (κ2) is 6.52. The van der Waals surface area contributed by atoms with Gasteiger partial charge in [-0.05, 0) is 31.2 Å². The van der Waals surface area contributed by atoms with Gasteiger partial charge in [0.15, 0.2) is 0 Å². The van der Waals surface area contributed by atoms with E-state index in [0.29, 0.717) is 0 Å². The van der Waals surface area contributed by atoms with Crippen LogP contribution < -0.4 is 5.32 Å². The van der Waals surface area contributed by atoms with Crippen LogP contribution in [0.15, 0.2) is 29.2 Å². The Morgan fingerprint density at radius 1 is 1.29 bits per heavy atom. The standard InChI is InChI=1S/C13H20N2O5S/c1-13(18,9-16)8-14-12(17)10-4-6-11(7-5-10)21(19,20)15(2)3/h4-7,16,18H,8-9H2,1-3H3,(H,14,17). The molecule has 1 aromatic carbocycles. The van der Waals surface area contributed by atoms with Crippen LogP contribution in [0.25, 0.3) is 0 Å². The number of carbonyl (C=O) groups excluding carboxylic acids is 1. The average molecular weight is 316 g/mol. The van der Waals surface area contributed by atoms with E-state index in [4.69, 9.17) is 5.11 Å². The first-order valence-electron chi connectivity index (χ1n) is 6.24. The number of nitrogens with zero attached hydrogens (tertiary/aromatic N) is 1. The summed E-state index contributed by atoms with van der Waals surface area (Å²) in [4.78, 5) is 11.9. The first kappa shape index (κ1) is 17.6. The number of hydrogen-bond acceptors (Lipinski definition) is 5. The fourth-order valence-electron chi connectivity index (χ4n) is 1.42. The van der Waals surface area contributed by atoms with E-state index >= 15 is 0 Å². The summed E-state index contributed by atoms with van der Waals surface area (Å²) < 4.78 is 24.8. The van der Waals surface area contributed by atoms with Crippen molar-refractivity contribution in [1.29, 1.82) is 0 Å². The summed E-state index contributed by atoms with van der Waals surface area (Å²) in [6.45, 7) is 0.799. The normalized spacial score (nSPS) is 14.8. The van der Waals surface area contributed by atoms with Crippen molar-refractivity contribution in [2.45, 2.75) is 17.4 Å². The predicted octanol–water partition coefficient (Wildman–Crippen LogP) is -0.590. The lowest BCUT2D eigenvalue weighted by Crippen LogP contribution is -2.43. The highest BCUT2D eigenvalue weighted by molar-refractivity contribution is 7.89. The number of benzene rings is 1. The van der Waals surface area contributed by atoms with Crippen molar-refractivity contribution >= 4 is 15.9 Å². The Labute approximate surface area is 124 Å². The molecule has 0 heterocycles. The molecule has 0 aromatic heterocycles. The van der Waals surface area contributed by atoms with E-state index in [1.165, 1.54) is 45.3 Å². The van der Waals surface area contributed by atoms with Gasteiger partial charge in [-0.2, -0.15) is 0 Å². The predicted molar refractivity (Wildman–Crippen MR) is 77.4 cm³/mol. The van der Waals surface area contributed by atoms with Crippen LogP contribution in [0.3, 0.4) is 0 Å². The highest BCUT2D eigenvalue weighted by Gasteiger charge is 2.21. The van der Waals surface area contributed by atoms with Crippen LogP contribution in [-0.2, 0) is 10.0 Å². The van der Waals surface area contributed by atoms with Crippen molar-refractivity contribution < 1.29 is 23.4 Å². The second-order valence-electron chi connectivity index (χ2n) is 5.15. The zero-order chi connectivity index (χ0) is 16.3. The lowest BCUT2D eigenvalue weighted by atomic mass is 10.1. The molecule has 0 aliphatic carbocycles. The smallest absolute Gasteiger partial charge is 0.251 e. The van der Waals surface area contributed by atoms with Crippen molar-refractivity contribution in [3.8, 4) is 0 Å². The van der Waals surface area contributed by atoms with Gasteiger partial charge in [0.2, 0.25) is 10.0 Å². The molecule has 0 aliphatic heterocycles. The lowest BCUT2D eigenvalue weighted by Gasteiger charge is -2.20. The SMILES string of the molecule is CN(C)S(=O)(=O)c1ccc(C(=O)NCC(C)(O)CO)cc1. The van der Waals surface area contributed by atoms with Crippen LogP contribution in [0.2, 0.25) is 0 Å². The van der Waals surface area contributed by atoms with Gasteiger partial charge in [-0.1, -0.05) is 0 Å². The van der Waals surface area contributed by atoms with Gasteiger partial charge in [0, 0.05) is 26.2 Å². The molecule has 0 bridgehead atoms. The number of aliphatic hydroxyl groups is 2. The van der Waals surface area contributed by atoms with Crippen molar-refractivity contribution in [2.75, 3.05) is 27.2 Å². The highest BCUT2D eigenvalue weighted by Crippen LogP contribution is 2.14. The van der Waals surface area contributed by atoms with E-state index in [9.17, 15) is 18.3 Å². The molecule has 21 heavy (non-hydrogen) atoms. The molecule has 0 radical (unpaired) electrons. The topological polar surface area (TPSA) is 107 Å². The monoisotopic (exact) mass is 316 g/mol. The number of carbonyl (C=O) groups is 1. The minimum Gasteiger partial charge on any atom is -0.393 e. The maximum atomic E-state index is 11.9. The molecule has 1 unspecified atom stereocenters. The Bertz CT molecular complexity index is 593. The molecule has 1 aromatic rings. The Hall–Kier alpha value is -1.48. The van der Waals surface area contributed by atoms with Gasteiger partial charge in [0.1, 0.15) is 5.60 Å². The summed E-state index contributed by atoms with van der Waals surface area (Å²) in [5, 5.41) is 20.9. The number of rotatable bonds is 6. The zero-order valence-corrected chi connectivity index (χ0v) is 13.0. The molecule has 8 heteroatoms. The van der Waals surface area contributed by atoms with Gasteiger partial charge in [-0.25, -0.2) is 12.7 Å². The molecule has 0 saturated carbocycles. The number of aliphatic hydroxyl groups excluding tert-OH is 1. The molecular weight excluding hydrogens is 296 g/mol. The quantitative estimate of drug-likeness (QED) is 0.650. The maximum absolute atomic E-state index is 11.9. The van der Waals surface area contributed by atoms with Crippen LogP contribution in [0, 0.1) is 0 Å². The number of nitrogens with one attached hydrogen (secondary N) is 1. The molecule has 0 spiro atoms. The third kappa shape index (κ3) is 4.50. The van der Waals surface area contributed by atoms with Crippen molar-refractivity contribution in [3.63, 3.8) is 0 Å². The van der Waals surface area contributed by atoms with Crippen molar-refractivity contribution in [1.82, 2.24) is 9.62 Å². The molecule has 0 saturated heterocycles. The summed E-state index contributed by atoms with van der Waals surface area (Å²) >= 11 is 0. The van der Waals surface area contributed by atoms with Crippen LogP contribution in [0.4, 0.5) is 0 Å². The minimum atomic E-state index is -3.53. The average Bonchev–Trinajstić information content (AvgIpc) is 2.44. The van der Waals surface area contributed by atoms with Gasteiger partial charge in [-0.15, -0.1) is 0 Å². The molecule has 1 amide bonds. The number of amides is 1. The molecular formula is C13H20N2O5S. The first-order valence-corrected chi connectivity index (χ1v) is 7.68. The van der Waals surface area contributed by atoms with Crippen LogP contribution in [-0.4, -0.2) is 61.7 Å². The molecule has 0 fully saturated rings. The summed E-state index contributed by atoms with van der Waals surface area (Å²) in [6.07, 6.45) is 0. The van der Waals surface area contributed by atoms with Crippen molar-refractivity contribution in [2.24, 2.45) is 0 Å². The Balaban J connectivity index is 2.82. The second-order valence-corrected chi connectivity index (χ2v) is 7.30. The number of sulfonamides is 1. The van der Waals surface area contributed by atoms with Crippen LogP contribution in [0.5, 0.6) is 0 Å². The Kier molecular flexibility index (Phi) is 5.46. The van der Waals surface area contributed by atoms with Crippen LogP contribution in [0.1, 0.15) is 17.3 Å². The zero-order valence-electron chi connectivity index (χ0n) is 12.2. The van der Waals surface area contributed by atoms with E-state index in [1.54, 1.807) is 0 Å². The van der Waals surface area contributed by atoms with Gasteiger partial charge in [0.25, 0.3) is 5.91 Å². The largest absolute Gasteiger partial charge is 0.393 e. The van der Waals surface area contributed by atoms with E-state index < -0.39 is 28.1 Å². The molecule has 1 atom stereocenters. The third-order valence-electron chi connectivity index (χ3n) is 2.87. The number of hydrogen-bond donors (Lipinski definition) is 3. The summed E-state index contributed by atoms with van der Waals surface area (Å²) in [7, 11) is -0.683. The van der Waals surface area contributed by atoms with Gasteiger partial charge < -0.3 is 15.5 Å². The van der Waals surface area contributed by atoms with Gasteiger partial charge >= 0.3 is 0 Å². The first-order chi connectivity index (χ1) is 9.60. The van der Waals surface area contributed by atoms with Crippen molar-refractivity contribution in [3.05, 3.63) is 29.8 Å². The molecule has 1 rings (SSSR count). The summed E-state index contributed by atoms with van der Waals surface area (Å²) in [5.74, 6) is -0.461. The van der Waals surface area contributed by atoms with E-state index in [1.807, 2.05) is 0 Å². The highest BCUT2D eigenvalue weighted by atomic mass is 32.2. The summed E-state index contributed by atoms with van der Waals surface area (Å²) in [6, 6.07) is 5.46. The maximum Gasteiger partial charge on any atom is 0.251 e. The third-order valence-corrected chi connectivity index (χ3v) is 4.69. The van der Waals surface area contributed by atoms with E-state index in [0.717, 1.165) is 4.31 Å². The van der Waals surface area contributed by atoms with E-state index in [2.05, 4.69) is 5.32 Å². The fraction of sp³-hybridized carbons (Fsp3) is 0.462. The molecule has 3 N–H and O–H groups in total. The van der Waals surface area contributed by atoms with Crippen LogP contribution >= 0.6 is 0 Å². The molecule has 118 valence electrons. The lowest BCUT2D eigenvalue weighted by molar-refractivity contribution is 0.00320. The minimum absolute atomic E-state index is 0.0893. The summed E-state index contributed by atoms with van der Waals surface area (Å²) in [5.41, 5.74) is -1.13.